The molecular weight excluding hydrogens is 402 g/mol. The van der Waals surface area contributed by atoms with Crippen LogP contribution in [-0.2, 0) is 10.0 Å². The quantitative estimate of drug-likeness (QED) is 0.808. The fourth-order valence-corrected chi connectivity index (χ4v) is 6.89. The van der Waals surface area contributed by atoms with Gasteiger partial charge in [0.25, 0.3) is 0 Å². The molecule has 1 N–H and O–H groups in total. The summed E-state index contributed by atoms with van der Waals surface area (Å²) in [7, 11) is -3.36. The number of likely N-dealkylation sites (tertiary alicyclic amines) is 2. The van der Waals surface area contributed by atoms with E-state index in [0.29, 0.717) is 32.1 Å². The van der Waals surface area contributed by atoms with Crippen LogP contribution in [0.3, 0.4) is 0 Å². The number of fused-ring (bicyclic) bond motifs is 1. The minimum atomic E-state index is -3.36. The summed E-state index contributed by atoms with van der Waals surface area (Å²) in [5.41, 5.74) is 2.12. The molecule has 3 aliphatic heterocycles. The first-order valence-electron chi connectivity index (χ1n) is 11.0. The van der Waals surface area contributed by atoms with Crippen LogP contribution in [0.1, 0.15) is 43.6 Å². The third-order valence-corrected chi connectivity index (χ3v) is 9.13. The van der Waals surface area contributed by atoms with E-state index in [-0.39, 0.29) is 6.03 Å². The molecule has 0 spiro atoms. The third kappa shape index (κ3) is 3.47. The molecule has 3 aliphatic rings. The Balaban J connectivity index is 1.17. The highest BCUT2D eigenvalue weighted by Gasteiger charge is 2.44. The molecule has 9 heteroatoms. The van der Waals surface area contributed by atoms with Crippen molar-refractivity contribution in [2.24, 2.45) is 0 Å². The summed E-state index contributed by atoms with van der Waals surface area (Å²) in [5.74, 6) is 0.341. The van der Waals surface area contributed by atoms with Gasteiger partial charge in [0, 0.05) is 57.0 Å². The number of carbonyl (C=O) groups excluding carboxylic acids is 1. The van der Waals surface area contributed by atoms with Crippen molar-refractivity contribution in [3.8, 4) is 0 Å². The van der Waals surface area contributed by atoms with E-state index in [1.54, 1.807) is 15.4 Å². The zero-order chi connectivity index (χ0) is 20.7. The Morgan fingerprint density at radius 1 is 1.03 bits per heavy atom. The molecule has 2 amide bonds. The van der Waals surface area contributed by atoms with Crippen molar-refractivity contribution in [3.05, 3.63) is 30.1 Å². The van der Waals surface area contributed by atoms with Gasteiger partial charge in [0.2, 0.25) is 10.0 Å². The maximum atomic E-state index is 13.1. The first kappa shape index (κ1) is 19.8. The number of hydrogen-bond donors (Lipinski definition) is 1. The lowest BCUT2D eigenvalue weighted by Crippen LogP contribution is -2.63. The highest BCUT2D eigenvalue weighted by molar-refractivity contribution is 7.89. The number of urea groups is 1. The zero-order valence-electron chi connectivity index (χ0n) is 17.2. The van der Waals surface area contributed by atoms with Gasteiger partial charge in [0.15, 0.2) is 0 Å². The SMILES string of the molecule is O=C(N1CCCCC1)N1CC(S(=O)(=O)N2CCC(c3c[nH]c4ncccc34)CC2)C1. The number of amides is 2. The standard InChI is InChI=1S/C21H29N5O3S/c27-21(24-9-2-1-3-10-24)25-14-17(15-25)30(28,29)26-11-6-16(7-12-26)19-13-23-20-18(19)5-4-8-22-20/h4-5,8,13,16-17H,1-3,6-7,9-12,14-15H2,(H,22,23). The summed E-state index contributed by atoms with van der Waals surface area (Å²) >= 11 is 0. The van der Waals surface area contributed by atoms with E-state index in [0.717, 1.165) is 49.8 Å². The third-order valence-electron chi connectivity index (χ3n) is 6.90. The summed E-state index contributed by atoms with van der Waals surface area (Å²) in [5, 5.41) is 0.671. The maximum absolute atomic E-state index is 13.1. The molecule has 0 aromatic carbocycles. The van der Waals surface area contributed by atoms with Gasteiger partial charge in [-0.25, -0.2) is 22.5 Å². The van der Waals surface area contributed by atoms with Crippen molar-refractivity contribution in [1.29, 1.82) is 0 Å². The number of aromatic nitrogens is 2. The normalized spacial score (nSPS) is 22.4. The fourth-order valence-electron chi connectivity index (χ4n) is 5.01. The van der Waals surface area contributed by atoms with E-state index in [9.17, 15) is 13.2 Å². The lowest BCUT2D eigenvalue weighted by atomic mass is 9.90. The predicted molar refractivity (Wildman–Crippen MR) is 115 cm³/mol. The predicted octanol–water partition coefficient (Wildman–Crippen LogP) is 2.36. The molecule has 5 rings (SSSR count). The van der Waals surface area contributed by atoms with E-state index in [1.165, 1.54) is 12.0 Å². The van der Waals surface area contributed by atoms with E-state index in [4.69, 9.17) is 0 Å². The molecule has 2 aromatic rings. The fraction of sp³-hybridized carbons (Fsp3) is 0.619. The molecule has 0 atom stereocenters. The molecule has 5 heterocycles. The molecule has 0 radical (unpaired) electrons. The van der Waals surface area contributed by atoms with Crippen molar-refractivity contribution in [2.75, 3.05) is 39.3 Å². The monoisotopic (exact) mass is 431 g/mol. The number of nitrogens with zero attached hydrogens (tertiary/aromatic N) is 4. The van der Waals surface area contributed by atoms with Gasteiger partial charge in [0.1, 0.15) is 10.9 Å². The number of piperidine rings is 2. The maximum Gasteiger partial charge on any atom is 0.320 e. The van der Waals surface area contributed by atoms with Crippen LogP contribution in [0.2, 0.25) is 0 Å². The van der Waals surface area contributed by atoms with Crippen LogP contribution in [0.4, 0.5) is 4.79 Å². The lowest BCUT2D eigenvalue weighted by molar-refractivity contribution is 0.119. The molecule has 0 saturated carbocycles. The van der Waals surface area contributed by atoms with Crippen LogP contribution in [0, 0.1) is 0 Å². The van der Waals surface area contributed by atoms with E-state index in [1.807, 2.05) is 17.2 Å². The Bertz CT molecular complexity index is 1020. The van der Waals surface area contributed by atoms with Crippen LogP contribution in [-0.4, -0.2) is 83.0 Å². The van der Waals surface area contributed by atoms with Crippen LogP contribution >= 0.6 is 0 Å². The van der Waals surface area contributed by atoms with Gasteiger partial charge >= 0.3 is 6.03 Å². The molecule has 0 unspecified atom stereocenters. The smallest absolute Gasteiger partial charge is 0.320 e. The van der Waals surface area contributed by atoms with Gasteiger partial charge in [-0.3, -0.25) is 0 Å². The van der Waals surface area contributed by atoms with E-state index >= 15 is 0 Å². The average Bonchev–Trinajstić information content (AvgIpc) is 3.17. The Morgan fingerprint density at radius 2 is 1.77 bits per heavy atom. The molecule has 2 aromatic heterocycles. The first-order chi connectivity index (χ1) is 14.5. The summed E-state index contributed by atoms with van der Waals surface area (Å²) in [6.45, 7) is 3.32. The molecule has 0 bridgehead atoms. The number of H-pyrrole nitrogens is 1. The van der Waals surface area contributed by atoms with Crippen molar-refractivity contribution in [2.45, 2.75) is 43.3 Å². The number of hydrogen-bond acceptors (Lipinski definition) is 4. The van der Waals surface area contributed by atoms with Crippen LogP contribution in [0.25, 0.3) is 11.0 Å². The van der Waals surface area contributed by atoms with Crippen molar-refractivity contribution in [3.63, 3.8) is 0 Å². The van der Waals surface area contributed by atoms with E-state index < -0.39 is 15.3 Å². The molecule has 3 saturated heterocycles. The number of aromatic amines is 1. The molecule has 30 heavy (non-hydrogen) atoms. The van der Waals surface area contributed by atoms with Crippen LogP contribution < -0.4 is 0 Å². The number of rotatable bonds is 3. The van der Waals surface area contributed by atoms with Crippen LogP contribution in [0.15, 0.2) is 24.5 Å². The number of carbonyl (C=O) groups is 1. The van der Waals surface area contributed by atoms with Gasteiger partial charge in [-0.2, -0.15) is 0 Å². The van der Waals surface area contributed by atoms with Crippen LogP contribution in [0.5, 0.6) is 0 Å². The second-order valence-electron chi connectivity index (χ2n) is 8.72. The molecule has 162 valence electrons. The molecule has 8 nitrogen and oxygen atoms in total. The Kier molecular flexibility index (Phi) is 5.18. The molecule has 3 fully saturated rings. The summed E-state index contributed by atoms with van der Waals surface area (Å²) in [4.78, 5) is 23.7. The second kappa shape index (κ2) is 7.85. The number of nitrogens with one attached hydrogen (secondary N) is 1. The second-order valence-corrected chi connectivity index (χ2v) is 10.9. The van der Waals surface area contributed by atoms with Crippen molar-refractivity contribution in [1.82, 2.24) is 24.1 Å². The minimum absolute atomic E-state index is 0.00723. The minimum Gasteiger partial charge on any atom is -0.346 e. The Morgan fingerprint density at radius 3 is 2.50 bits per heavy atom. The van der Waals surface area contributed by atoms with Gasteiger partial charge in [-0.05, 0) is 55.7 Å². The van der Waals surface area contributed by atoms with Gasteiger partial charge < -0.3 is 14.8 Å². The first-order valence-corrected chi connectivity index (χ1v) is 12.5. The van der Waals surface area contributed by atoms with Gasteiger partial charge in [0.05, 0.1) is 0 Å². The largest absolute Gasteiger partial charge is 0.346 e. The highest BCUT2D eigenvalue weighted by atomic mass is 32.2. The topological polar surface area (TPSA) is 89.6 Å². The van der Waals surface area contributed by atoms with Gasteiger partial charge in [-0.1, -0.05) is 0 Å². The van der Waals surface area contributed by atoms with Crippen molar-refractivity contribution >= 4 is 27.1 Å². The zero-order valence-corrected chi connectivity index (χ0v) is 18.0. The summed E-state index contributed by atoms with van der Waals surface area (Å²) in [6, 6.07) is 4.01. The Hall–Kier alpha value is -2.13. The number of pyridine rings is 1. The lowest BCUT2D eigenvalue weighted by Gasteiger charge is -2.44. The molecular formula is C21H29N5O3S. The number of sulfonamides is 1. The average molecular weight is 432 g/mol. The van der Waals surface area contributed by atoms with E-state index in [2.05, 4.69) is 16.0 Å². The summed E-state index contributed by atoms with van der Waals surface area (Å²) < 4.78 is 27.8. The summed E-state index contributed by atoms with van der Waals surface area (Å²) in [6.07, 6.45) is 8.67. The Labute approximate surface area is 177 Å². The van der Waals surface area contributed by atoms with Gasteiger partial charge in [-0.15, -0.1) is 0 Å². The highest BCUT2D eigenvalue weighted by Crippen LogP contribution is 2.34. The van der Waals surface area contributed by atoms with Crippen molar-refractivity contribution < 1.29 is 13.2 Å². The molecule has 0 aliphatic carbocycles.